The number of hydrogen-bond acceptors (Lipinski definition) is 2. The topological polar surface area (TPSA) is 40.3 Å². The largest absolute Gasteiger partial charge is 0.353 e. The summed E-state index contributed by atoms with van der Waals surface area (Å²) in [6.45, 7) is 0. The van der Waals surface area contributed by atoms with Gasteiger partial charge in [-0.1, -0.05) is 6.07 Å². The Bertz CT molecular complexity index is 429. The molecule has 11 heavy (non-hydrogen) atoms. The molecule has 2 aromatic heterocycles. The van der Waals surface area contributed by atoms with Crippen molar-refractivity contribution in [3.05, 3.63) is 41.8 Å². The van der Waals surface area contributed by atoms with Gasteiger partial charge in [-0.15, -0.1) is 4.52 Å². The minimum atomic E-state index is 0.676. The number of fused-ring (bicyclic) bond motifs is 1. The van der Waals surface area contributed by atoms with Gasteiger partial charge in [-0.05, 0) is 22.0 Å². The fraction of sp³-hybridized carbons (Fsp3) is 0. The maximum Gasteiger partial charge on any atom is 0.353 e. The van der Waals surface area contributed by atoms with Crippen LogP contribution >= 0.6 is 0 Å². The Kier molecular flexibility index (Phi) is 1.18. The normalized spacial score (nSPS) is 10.2. The van der Waals surface area contributed by atoms with Gasteiger partial charge >= 0.3 is 6.33 Å². The standard InChI is InChI=1S/C7H6N3O/c11-10-6-8-5-7-3-1-2-4-9(7)10/h1-6H/q+1. The van der Waals surface area contributed by atoms with Crippen LogP contribution in [-0.2, 0) is 0 Å². The Morgan fingerprint density at radius 2 is 2.36 bits per heavy atom. The molecule has 0 saturated heterocycles. The first-order valence-corrected chi connectivity index (χ1v) is 3.22. The quantitative estimate of drug-likeness (QED) is 0.502. The number of rotatable bonds is 0. The molecular formula is C7H6N3O+. The van der Waals surface area contributed by atoms with Crippen molar-refractivity contribution in [2.24, 2.45) is 0 Å². The van der Waals surface area contributed by atoms with Crippen LogP contribution in [0.25, 0.3) is 5.52 Å². The zero-order valence-corrected chi connectivity index (χ0v) is 5.71. The van der Waals surface area contributed by atoms with Gasteiger partial charge in [-0.2, -0.15) is 0 Å². The van der Waals surface area contributed by atoms with Crippen LogP contribution in [-0.4, -0.2) is 9.50 Å². The SMILES string of the molecule is O=[n+]1cncc2ccccn21. The third-order valence-corrected chi connectivity index (χ3v) is 1.45. The monoisotopic (exact) mass is 148 g/mol. The highest BCUT2D eigenvalue weighted by Crippen LogP contribution is 1.93. The van der Waals surface area contributed by atoms with Gasteiger partial charge in [-0.25, -0.2) is 0 Å². The molecule has 0 unspecified atom stereocenters. The van der Waals surface area contributed by atoms with Gasteiger partial charge in [0.25, 0.3) is 0 Å². The van der Waals surface area contributed by atoms with E-state index in [-0.39, 0.29) is 0 Å². The lowest BCUT2D eigenvalue weighted by Crippen LogP contribution is -2.25. The van der Waals surface area contributed by atoms with Crippen molar-refractivity contribution < 1.29 is 4.54 Å². The van der Waals surface area contributed by atoms with E-state index in [0.29, 0.717) is 4.54 Å². The molecule has 0 aliphatic heterocycles. The summed E-state index contributed by atoms with van der Waals surface area (Å²) in [7, 11) is 0. The van der Waals surface area contributed by atoms with Crippen LogP contribution in [0.1, 0.15) is 0 Å². The molecular weight excluding hydrogens is 142 g/mol. The molecule has 0 saturated carbocycles. The number of aromatic nitrogens is 3. The molecule has 0 aliphatic carbocycles. The molecule has 54 valence electrons. The summed E-state index contributed by atoms with van der Waals surface area (Å²) in [5, 5.41) is 0. The van der Waals surface area contributed by atoms with Crippen LogP contribution in [0.2, 0.25) is 0 Å². The Morgan fingerprint density at radius 3 is 3.18 bits per heavy atom. The molecule has 4 nitrogen and oxygen atoms in total. The maximum absolute atomic E-state index is 11.0. The van der Waals surface area contributed by atoms with Crippen molar-refractivity contribution in [3.8, 4) is 0 Å². The van der Waals surface area contributed by atoms with E-state index >= 15 is 0 Å². The summed E-state index contributed by atoms with van der Waals surface area (Å²) >= 11 is 0. The highest BCUT2D eigenvalue weighted by atomic mass is 16.3. The van der Waals surface area contributed by atoms with Crippen molar-refractivity contribution in [2.45, 2.75) is 0 Å². The summed E-state index contributed by atoms with van der Waals surface area (Å²) < 4.78 is 2.14. The number of hydrogen-bond donors (Lipinski definition) is 0. The highest BCUT2D eigenvalue weighted by molar-refractivity contribution is 5.40. The molecule has 0 bridgehead atoms. The zero-order chi connectivity index (χ0) is 7.68. The molecule has 0 atom stereocenters. The smallest absolute Gasteiger partial charge is 0.145 e. The van der Waals surface area contributed by atoms with Gasteiger partial charge in [0, 0.05) is 0 Å². The summed E-state index contributed by atoms with van der Waals surface area (Å²) in [6.07, 6.45) is 4.53. The molecule has 0 N–H and O–H groups in total. The fourth-order valence-electron chi connectivity index (χ4n) is 0.952. The van der Waals surface area contributed by atoms with Crippen LogP contribution in [0.15, 0.2) is 36.9 Å². The second-order valence-electron chi connectivity index (χ2n) is 2.17. The van der Waals surface area contributed by atoms with Crippen molar-refractivity contribution >= 4 is 5.52 Å². The number of nitrogens with zero attached hydrogens (tertiary/aromatic N) is 3. The summed E-state index contributed by atoms with van der Waals surface area (Å²) in [5.41, 5.74) is 0.782. The van der Waals surface area contributed by atoms with Crippen molar-refractivity contribution in [1.82, 2.24) is 9.50 Å². The highest BCUT2D eigenvalue weighted by Gasteiger charge is 1.96. The average Bonchev–Trinajstić information content (AvgIpc) is 2.06. The lowest BCUT2D eigenvalue weighted by Gasteiger charge is -1.88. The van der Waals surface area contributed by atoms with Gasteiger partial charge in [0.1, 0.15) is 5.52 Å². The maximum atomic E-state index is 11.0. The fourth-order valence-corrected chi connectivity index (χ4v) is 0.952. The molecule has 2 heterocycles. The van der Waals surface area contributed by atoms with Gasteiger partial charge in [0.15, 0.2) is 6.20 Å². The van der Waals surface area contributed by atoms with E-state index in [2.05, 4.69) is 4.98 Å². The van der Waals surface area contributed by atoms with E-state index in [4.69, 9.17) is 0 Å². The summed E-state index contributed by atoms with van der Waals surface area (Å²) in [6, 6.07) is 5.47. The Hall–Kier alpha value is -1.71. The Labute approximate surface area is 62.3 Å². The van der Waals surface area contributed by atoms with E-state index in [1.807, 2.05) is 12.1 Å². The molecule has 0 aromatic carbocycles. The first kappa shape index (κ1) is 6.03. The molecule has 0 spiro atoms. The van der Waals surface area contributed by atoms with Gasteiger partial charge < -0.3 is 0 Å². The number of pyridine rings is 1. The predicted molar refractivity (Wildman–Crippen MR) is 38.6 cm³/mol. The Morgan fingerprint density at radius 1 is 1.45 bits per heavy atom. The van der Waals surface area contributed by atoms with E-state index in [1.54, 1.807) is 18.5 Å². The van der Waals surface area contributed by atoms with Crippen molar-refractivity contribution in [1.29, 1.82) is 0 Å². The molecule has 0 radical (unpaired) electrons. The van der Waals surface area contributed by atoms with E-state index in [0.717, 1.165) is 5.52 Å². The second kappa shape index (κ2) is 2.16. The third-order valence-electron chi connectivity index (χ3n) is 1.45. The van der Waals surface area contributed by atoms with E-state index in [1.165, 1.54) is 10.8 Å². The zero-order valence-electron chi connectivity index (χ0n) is 5.71. The molecule has 0 aliphatic rings. The van der Waals surface area contributed by atoms with Crippen LogP contribution in [0, 0.1) is 4.91 Å². The van der Waals surface area contributed by atoms with Crippen LogP contribution in [0.3, 0.4) is 0 Å². The van der Waals surface area contributed by atoms with E-state index in [9.17, 15) is 4.91 Å². The molecule has 4 heteroatoms. The average molecular weight is 148 g/mol. The third kappa shape index (κ3) is 0.881. The van der Waals surface area contributed by atoms with E-state index < -0.39 is 0 Å². The lowest BCUT2D eigenvalue weighted by atomic mass is 10.4. The van der Waals surface area contributed by atoms with Crippen molar-refractivity contribution in [3.63, 3.8) is 0 Å². The van der Waals surface area contributed by atoms with Gasteiger partial charge in [0.05, 0.1) is 10.7 Å². The first-order chi connectivity index (χ1) is 5.38. The Balaban J connectivity index is 3.03. The molecule has 2 aromatic rings. The molecule has 0 fully saturated rings. The first-order valence-electron chi connectivity index (χ1n) is 3.22. The van der Waals surface area contributed by atoms with Gasteiger partial charge in [0.2, 0.25) is 0 Å². The predicted octanol–water partition coefficient (Wildman–Crippen LogP) is 0.249. The second-order valence-corrected chi connectivity index (χ2v) is 2.17. The molecule has 2 rings (SSSR count). The lowest BCUT2D eigenvalue weighted by molar-refractivity contribution is -0.580. The summed E-state index contributed by atoms with van der Waals surface area (Å²) in [4.78, 5) is 14.7. The minimum absolute atomic E-state index is 0.676. The molecule has 0 amide bonds. The van der Waals surface area contributed by atoms with Crippen LogP contribution in [0.4, 0.5) is 0 Å². The van der Waals surface area contributed by atoms with Crippen LogP contribution in [0.5, 0.6) is 0 Å². The van der Waals surface area contributed by atoms with Gasteiger partial charge in [-0.3, -0.25) is 0 Å². The van der Waals surface area contributed by atoms with Crippen molar-refractivity contribution in [2.75, 3.05) is 0 Å². The van der Waals surface area contributed by atoms with Crippen LogP contribution < -0.4 is 4.54 Å². The minimum Gasteiger partial charge on any atom is -0.145 e. The summed E-state index contributed by atoms with van der Waals surface area (Å²) in [5.74, 6) is 0.